The summed E-state index contributed by atoms with van der Waals surface area (Å²) in [5.41, 5.74) is 6.22. The summed E-state index contributed by atoms with van der Waals surface area (Å²) in [6.45, 7) is 8.34. The minimum atomic E-state index is 0.0902. The van der Waals surface area contributed by atoms with Crippen molar-refractivity contribution in [3.63, 3.8) is 0 Å². The summed E-state index contributed by atoms with van der Waals surface area (Å²) in [7, 11) is 0. The normalized spacial score (nSPS) is 16.5. The summed E-state index contributed by atoms with van der Waals surface area (Å²) in [5, 5.41) is 0. The molecule has 0 atom stereocenters. The predicted octanol–water partition coefficient (Wildman–Crippen LogP) is 3.60. The number of rotatable bonds is 3. The van der Waals surface area contributed by atoms with E-state index in [0.717, 1.165) is 50.5 Å². The number of carbonyl (C=O) groups excluding carboxylic acids is 1. The predicted molar refractivity (Wildman–Crippen MR) is 109 cm³/mol. The van der Waals surface area contributed by atoms with Gasteiger partial charge >= 0.3 is 0 Å². The monoisotopic (exact) mass is 362 g/mol. The summed E-state index contributed by atoms with van der Waals surface area (Å²) in [4.78, 5) is 16.9. The average Bonchev–Trinajstić information content (AvgIpc) is 3.16. The molecule has 0 aliphatic carbocycles. The number of amides is 1. The molecular weight excluding hydrogens is 336 g/mol. The SMILES string of the molecule is Cc1cccc(N2CCN(C(=O)/C=C/c3ccc4c(c3)CCO4)CC2)c1C. The lowest BCUT2D eigenvalue weighted by molar-refractivity contribution is -0.126. The highest BCUT2D eigenvalue weighted by Crippen LogP contribution is 2.26. The molecule has 140 valence electrons. The van der Waals surface area contributed by atoms with Gasteiger partial charge in [0.2, 0.25) is 5.91 Å². The van der Waals surface area contributed by atoms with Gasteiger partial charge in [0.1, 0.15) is 5.75 Å². The standard InChI is InChI=1S/C23H26N2O2/c1-17-4-3-5-21(18(17)2)24-11-13-25(14-12-24)23(26)9-7-19-6-8-22-20(16-19)10-15-27-22/h3-9,16H,10-15H2,1-2H3/b9-7+. The lowest BCUT2D eigenvalue weighted by atomic mass is 10.1. The molecule has 0 spiro atoms. The Hall–Kier alpha value is -2.75. The van der Waals surface area contributed by atoms with Crippen molar-refractivity contribution in [2.75, 3.05) is 37.7 Å². The Morgan fingerprint density at radius 3 is 2.70 bits per heavy atom. The van der Waals surface area contributed by atoms with Crippen LogP contribution in [0.4, 0.5) is 5.69 Å². The fourth-order valence-electron chi connectivity index (χ4n) is 3.83. The molecule has 2 heterocycles. The zero-order valence-electron chi connectivity index (χ0n) is 16.1. The van der Waals surface area contributed by atoms with Crippen LogP contribution in [-0.4, -0.2) is 43.6 Å². The minimum absolute atomic E-state index is 0.0902. The van der Waals surface area contributed by atoms with Crippen molar-refractivity contribution >= 4 is 17.7 Å². The van der Waals surface area contributed by atoms with E-state index in [1.807, 2.05) is 23.1 Å². The van der Waals surface area contributed by atoms with E-state index < -0.39 is 0 Å². The van der Waals surface area contributed by atoms with Crippen LogP contribution in [0.2, 0.25) is 0 Å². The Labute approximate surface area is 161 Å². The van der Waals surface area contributed by atoms with Crippen molar-refractivity contribution in [2.45, 2.75) is 20.3 Å². The highest BCUT2D eigenvalue weighted by molar-refractivity contribution is 5.92. The van der Waals surface area contributed by atoms with Gasteiger partial charge in [-0.25, -0.2) is 0 Å². The van der Waals surface area contributed by atoms with Gasteiger partial charge < -0.3 is 14.5 Å². The van der Waals surface area contributed by atoms with Gasteiger partial charge in [0.25, 0.3) is 0 Å². The van der Waals surface area contributed by atoms with Crippen LogP contribution in [-0.2, 0) is 11.2 Å². The summed E-state index contributed by atoms with van der Waals surface area (Å²) in [6, 6.07) is 12.6. The number of anilines is 1. The second kappa shape index (κ2) is 7.47. The van der Waals surface area contributed by atoms with E-state index in [4.69, 9.17) is 4.74 Å². The largest absolute Gasteiger partial charge is 0.493 e. The van der Waals surface area contributed by atoms with Crippen LogP contribution in [0.3, 0.4) is 0 Å². The van der Waals surface area contributed by atoms with Crippen LogP contribution in [0.15, 0.2) is 42.5 Å². The van der Waals surface area contributed by atoms with Crippen molar-refractivity contribution in [3.8, 4) is 5.75 Å². The first-order valence-corrected chi connectivity index (χ1v) is 9.66. The van der Waals surface area contributed by atoms with Gasteiger partial charge in [0.15, 0.2) is 0 Å². The van der Waals surface area contributed by atoms with E-state index in [1.54, 1.807) is 6.08 Å². The third-order valence-corrected chi connectivity index (χ3v) is 5.64. The van der Waals surface area contributed by atoms with Crippen molar-refractivity contribution in [1.82, 2.24) is 4.90 Å². The van der Waals surface area contributed by atoms with Gasteiger partial charge in [-0.05, 0) is 60.4 Å². The summed E-state index contributed by atoms with van der Waals surface area (Å²) in [6.07, 6.45) is 4.56. The first-order chi connectivity index (χ1) is 13.1. The Morgan fingerprint density at radius 2 is 1.89 bits per heavy atom. The summed E-state index contributed by atoms with van der Waals surface area (Å²) >= 11 is 0. The maximum absolute atomic E-state index is 12.6. The van der Waals surface area contributed by atoms with Crippen LogP contribution in [0, 0.1) is 13.8 Å². The molecule has 27 heavy (non-hydrogen) atoms. The topological polar surface area (TPSA) is 32.8 Å². The summed E-state index contributed by atoms with van der Waals surface area (Å²) < 4.78 is 5.53. The minimum Gasteiger partial charge on any atom is -0.493 e. The lowest BCUT2D eigenvalue weighted by Crippen LogP contribution is -2.48. The maximum atomic E-state index is 12.6. The first-order valence-electron chi connectivity index (χ1n) is 9.66. The van der Waals surface area contributed by atoms with Gasteiger partial charge in [0, 0.05) is 44.4 Å². The number of benzene rings is 2. The fraction of sp³-hybridized carbons (Fsp3) is 0.348. The second-order valence-electron chi connectivity index (χ2n) is 7.33. The van der Waals surface area contributed by atoms with E-state index >= 15 is 0 Å². The summed E-state index contributed by atoms with van der Waals surface area (Å²) in [5.74, 6) is 1.06. The third kappa shape index (κ3) is 3.70. The van der Waals surface area contributed by atoms with Crippen molar-refractivity contribution in [2.24, 2.45) is 0 Å². The van der Waals surface area contributed by atoms with Gasteiger partial charge in [-0.2, -0.15) is 0 Å². The Kier molecular flexibility index (Phi) is 4.88. The first kappa shape index (κ1) is 17.7. The molecule has 0 radical (unpaired) electrons. The van der Waals surface area contributed by atoms with E-state index in [9.17, 15) is 4.79 Å². The molecule has 1 saturated heterocycles. The third-order valence-electron chi connectivity index (χ3n) is 5.64. The molecule has 2 aromatic rings. The zero-order chi connectivity index (χ0) is 18.8. The number of piperazine rings is 1. The molecule has 0 bridgehead atoms. The molecule has 4 rings (SSSR count). The molecule has 1 amide bonds. The fourth-order valence-corrected chi connectivity index (χ4v) is 3.83. The quantitative estimate of drug-likeness (QED) is 0.782. The van der Waals surface area contributed by atoms with Crippen molar-refractivity contribution in [1.29, 1.82) is 0 Å². The Bertz CT molecular complexity index is 880. The number of aryl methyl sites for hydroxylation is 1. The highest BCUT2D eigenvalue weighted by atomic mass is 16.5. The van der Waals surface area contributed by atoms with Gasteiger partial charge in [-0.15, -0.1) is 0 Å². The molecule has 4 heteroatoms. The van der Waals surface area contributed by atoms with Crippen LogP contribution < -0.4 is 9.64 Å². The Balaban J connectivity index is 1.36. The molecule has 1 fully saturated rings. The molecule has 0 aromatic heterocycles. The number of hydrogen-bond donors (Lipinski definition) is 0. The van der Waals surface area contributed by atoms with Crippen molar-refractivity contribution in [3.05, 3.63) is 64.7 Å². The average molecular weight is 362 g/mol. The number of carbonyl (C=O) groups is 1. The van der Waals surface area contributed by atoms with Crippen LogP contribution in [0.5, 0.6) is 5.75 Å². The van der Waals surface area contributed by atoms with Gasteiger partial charge in [0.05, 0.1) is 6.61 Å². The van der Waals surface area contributed by atoms with Gasteiger partial charge in [-0.3, -0.25) is 4.79 Å². The Morgan fingerprint density at radius 1 is 1.07 bits per heavy atom. The van der Waals surface area contributed by atoms with E-state index in [1.165, 1.54) is 22.4 Å². The molecule has 2 aliphatic rings. The number of ether oxygens (including phenoxy) is 1. The highest BCUT2D eigenvalue weighted by Gasteiger charge is 2.21. The number of nitrogens with zero attached hydrogens (tertiary/aromatic N) is 2. The van der Waals surface area contributed by atoms with E-state index in [0.29, 0.717) is 0 Å². The molecule has 2 aliphatic heterocycles. The second-order valence-corrected chi connectivity index (χ2v) is 7.33. The van der Waals surface area contributed by atoms with Crippen LogP contribution in [0.25, 0.3) is 6.08 Å². The molecule has 2 aromatic carbocycles. The van der Waals surface area contributed by atoms with E-state index in [-0.39, 0.29) is 5.91 Å². The molecule has 0 unspecified atom stereocenters. The molecular formula is C23H26N2O2. The van der Waals surface area contributed by atoms with Crippen molar-refractivity contribution < 1.29 is 9.53 Å². The van der Waals surface area contributed by atoms with Crippen LogP contribution >= 0.6 is 0 Å². The van der Waals surface area contributed by atoms with Gasteiger partial charge in [-0.1, -0.05) is 18.2 Å². The number of fused-ring (bicyclic) bond motifs is 1. The molecule has 0 N–H and O–H groups in total. The van der Waals surface area contributed by atoms with Crippen LogP contribution in [0.1, 0.15) is 22.3 Å². The smallest absolute Gasteiger partial charge is 0.246 e. The lowest BCUT2D eigenvalue weighted by Gasteiger charge is -2.36. The molecule has 0 saturated carbocycles. The maximum Gasteiger partial charge on any atom is 0.246 e. The zero-order valence-corrected chi connectivity index (χ0v) is 16.1. The number of hydrogen-bond acceptors (Lipinski definition) is 3. The molecule has 4 nitrogen and oxygen atoms in total. The van der Waals surface area contributed by atoms with E-state index in [2.05, 4.69) is 43.0 Å².